The molecule has 0 radical (unpaired) electrons. The van der Waals surface area contributed by atoms with Crippen molar-refractivity contribution >= 4 is 5.91 Å². The smallest absolute Gasteiger partial charge is 0.251 e. The summed E-state index contributed by atoms with van der Waals surface area (Å²) in [6, 6.07) is 9.40. The van der Waals surface area contributed by atoms with Crippen LogP contribution in [0.25, 0.3) is 0 Å². The Morgan fingerprint density at radius 1 is 1.19 bits per heavy atom. The molecule has 1 fully saturated rings. The molecule has 1 N–H and O–H groups in total. The van der Waals surface area contributed by atoms with Crippen LogP contribution in [0, 0.1) is 5.92 Å². The Morgan fingerprint density at radius 2 is 2.04 bits per heavy atom. The third-order valence-corrected chi connectivity index (χ3v) is 5.02. The van der Waals surface area contributed by atoms with Crippen LogP contribution in [-0.4, -0.2) is 42.2 Å². The second kappa shape index (κ2) is 7.74. The molecule has 2 aliphatic rings. The van der Waals surface area contributed by atoms with Crippen LogP contribution in [0.1, 0.15) is 28.8 Å². The minimum Gasteiger partial charge on any atom is -0.454 e. The van der Waals surface area contributed by atoms with Crippen LogP contribution in [0.4, 0.5) is 0 Å². The standard InChI is InChI=1S/C20H23N3O3/c24-20(17-3-4-18-19(10-17)26-14-25-18)22-12-15-5-8-23(9-6-15)13-16-2-1-7-21-11-16/h1-4,7,10-11,15H,5-6,8-9,12-14H2,(H,22,24). The molecular weight excluding hydrogens is 330 g/mol. The van der Waals surface area contributed by atoms with Crippen molar-refractivity contribution in [2.75, 3.05) is 26.4 Å². The van der Waals surface area contributed by atoms with Crippen LogP contribution in [0.5, 0.6) is 11.5 Å². The Kier molecular flexibility index (Phi) is 5.02. The number of piperidine rings is 1. The molecular formula is C20H23N3O3. The molecule has 6 heteroatoms. The lowest BCUT2D eigenvalue weighted by Gasteiger charge is -2.32. The van der Waals surface area contributed by atoms with Gasteiger partial charge in [0.05, 0.1) is 0 Å². The highest BCUT2D eigenvalue weighted by atomic mass is 16.7. The van der Waals surface area contributed by atoms with Crippen LogP contribution in [0.3, 0.4) is 0 Å². The molecule has 3 heterocycles. The summed E-state index contributed by atoms with van der Waals surface area (Å²) in [5.74, 6) is 1.81. The van der Waals surface area contributed by atoms with Gasteiger partial charge in [-0.2, -0.15) is 0 Å². The lowest BCUT2D eigenvalue weighted by atomic mass is 9.96. The van der Waals surface area contributed by atoms with Gasteiger partial charge in [-0.05, 0) is 61.7 Å². The number of pyridine rings is 1. The van der Waals surface area contributed by atoms with Gasteiger partial charge in [-0.1, -0.05) is 6.07 Å². The first kappa shape index (κ1) is 16.8. The van der Waals surface area contributed by atoms with E-state index in [1.807, 2.05) is 12.3 Å². The van der Waals surface area contributed by atoms with Crippen molar-refractivity contribution in [2.24, 2.45) is 5.92 Å². The maximum atomic E-state index is 12.4. The Labute approximate surface area is 153 Å². The van der Waals surface area contributed by atoms with Crippen molar-refractivity contribution in [3.05, 3.63) is 53.9 Å². The third kappa shape index (κ3) is 3.96. The molecule has 26 heavy (non-hydrogen) atoms. The Morgan fingerprint density at radius 3 is 2.85 bits per heavy atom. The van der Waals surface area contributed by atoms with E-state index in [-0.39, 0.29) is 12.7 Å². The molecule has 0 saturated carbocycles. The van der Waals surface area contributed by atoms with E-state index in [2.05, 4.69) is 21.3 Å². The van der Waals surface area contributed by atoms with Gasteiger partial charge in [-0.3, -0.25) is 14.7 Å². The van der Waals surface area contributed by atoms with Crippen LogP contribution >= 0.6 is 0 Å². The highest BCUT2D eigenvalue weighted by molar-refractivity contribution is 5.94. The fourth-order valence-corrected chi connectivity index (χ4v) is 3.48. The number of aromatic nitrogens is 1. The van der Waals surface area contributed by atoms with Gasteiger partial charge in [0, 0.05) is 31.0 Å². The maximum Gasteiger partial charge on any atom is 0.251 e. The van der Waals surface area contributed by atoms with E-state index in [9.17, 15) is 4.79 Å². The molecule has 1 amide bonds. The molecule has 0 unspecified atom stereocenters. The summed E-state index contributed by atoms with van der Waals surface area (Å²) in [6.45, 7) is 4.00. The van der Waals surface area contributed by atoms with Crippen molar-refractivity contribution in [2.45, 2.75) is 19.4 Å². The van der Waals surface area contributed by atoms with Gasteiger partial charge in [-0.15, -0.1) is 0 Å². The Bertz CT molecular complexity index is 758. The zero-order chi connectivity index (χ0) is 17.8. The van der Waals surface area contributed by atoms with Gasteiger partial charge < -0.3 is 14.8 Å². The number of likely N-dealkylation sites (tertiary alicyclic amines) is 1. The second-order valence-electron chi connectivity index (χ2n) is 6.86. The predicted octanol–water partition coefficient (Wildman–Crippen LogP) is 2.45. The summed E-state index contributed by atoms with van der Waals surface area (Å²) >= 11 is 0. The SMILES string of the molecule is O=C(NCC1CCN(Cc2cccnc2)CC1)c1ccc2c(c1)OCO2. The van der Waals surface area contributed by atoms with Crippen molar-refractivity contribution in [3.63, 3.8) is 0 Å². The number of rotatable bonds is 5. The molecule has 2 aromatic rings. The maximum absolute atomic E-state index is 12.4. The zero-order valence-corrected chi connectivity index (χ0v) is 14.7. The molecule has 0 atom stereocenters. The van der Waals surface area contributed by atoms with E-state index in [1.54, 1.807) is 24.4 Å². The number of amides is 1. The number of hydrogen-bond acceptors (Lipinski definition) is 5. The fraction of sp³-hybridized carbons (Fsp3) is 0.400. The number of fused-ring (bicyclic) bond motifs is 1. The van der Waals surface area contributed by atoms with E-state index < -0.39 is 0 Å². The normalized spacial score (nSPS) is 17.2. The van der Waals surface area contributed by atoms with Crippen LogP contribution in [-0.2, 0) is 6.54 Å². The molecule has 0 spiro atoms. The summed E-state index contributed by atoms with van der Waals surface area (Å²) in [7, 11) is 0. The first-order valence-electron chi connectivity index (χ1n) is 9.07. The highest BCUT2D eigenvalue weighted by Gasteiger charge is 2.21. The predicted molar refractivity (Wildman–Crippen MR) is 97.1 cm³/mol. The number of carbonyl (C=O) groups is 1. The first-order valence-corrected chi connectivity index (χ1v) is 9.07. The third-order valence-electron chi connectivity index (χ3n) is 5.02. The average molecular weight is 353 g/mol. The molecule has 1 aromatic carbocycles. The minimum absolute atomic E-state index is 0.0545. The number of benzene rings is 1. The van der Waals surface area contributed by atoms with Crippen molar-refractivity contribution in [1.29, 1.82) is 0 Å². The van der Waals surface area contributed by atoms with Crippen molar-refractivity contribution in [3.8, 4) is 11.5 Å². The van der Waals surface area contributed by atoms with E-state index in [4.69, 9.17) is 9.47 Å². The Hall–Kier alpha value is -2.60. The van der Waals surface area contributed by atoms with Crippen LogP contribution in [0.2, 0.25) is 0 Å². The number of nitrogens with one attached hydrogen (secondary N) is 1. The van der Waals surface area contributed by atoms with Gasteiger partial charge in [0.2, 0.25) is 6.79 Å². The molecule has 2 aliphatic heterocycles. The quantitative estimate of drug-likeness (QED) is 0.895. The lowest BCUT2D eigenvalue weighted by molar-refractivity contribution is 0.0934. The molecule has 0 bridgehead atoms. The number of nitrogens with zero attached hydrogens (tertiary/aromatic N) is 2. The average Bonchev–Trinajstić information content (AvgIpc) is 3.16. The summed E-state index contributed by atoms with van der Waals surface area (Å²) in [6.07, 6.45) is 5.93. The van der Waals surface area contributed by atoms with Crippen LogP contribution < -0.4 is 14.8 Å². The number of hydrogen-bond donors (Lipinski definition) is 1. The fourth-order valence-electron chi connectivity index (χ4n) is 3.48. The zero-order valence-electron chi connectivity index (χ0n) is 14.7. The Balaban J connectivity index is 1.23. The molecule has 4 rings (SSSR count). The lowest BCUT2D eigenvalue weighted by Crippen LogP contribution is -2.38. The summed E-state index contributed by atoms with van der Waals surface area (Å²) < 4.78 is 10.6. The summed E-state index contributed by atoms with van der Waals surface area (Å²) in [5, 5.41) is 3.06. The highest BCUT2D eigenvalue weighted by Crippen LogP contribution is 2.32. The molecule has 6 nitrogen and oxygen atoms in total. The minimum atomic E-state index is -0.0545. The van der Waals surface area contributed by atoms with Crippen molar-refractivity contribution in [1.82, 2.24) is 15.2 Å². The summed E-state index contributed by atoms with van der Waals surface area (Å²) in [5.41, 5.74) is 1.87. The van der Waals surface area contributed by atoms with Crippen LogP contribution in [0.15, 0.2) is 42.7 Å². The number of carbonyl (C=O) groups excluding carboxylic acids is 1. The van der Waals surface area contributed by atoms with E-state index in [0.29, 0.717) is 29.5 Å². The molecule has 136 valence electrons. The molecule has 1 aromatic heterocycles. The monoisotopic (exact) mass is 353 g/mol. The van der Waals surface area contributed by atoms with E-state index in [0.717, 1.165) is 32.5 Å². The van der Waals surface area contributed by atoms with E-state index in [1.165, 1.54) is 5.56 Å². The second-order valence-corrected chi connectivity index (χ2v) is 6.86. The summed E-state index contributed by atoms with van der Waals surface area (Å²) in [4.78, 5) is 19.0. The van der Waals surface area contributed by atoms with Gasteiger partial charge in [-0.25, -0.2) is 0 Å². The van der Waals surface area contributed by atoms with E-state index >= 15 is 0 Å². The number of ether oxygens (including phenoxy) is 2. The van der Waals surface area contributed by atoms with Crippen molar-refractivity contribution < 1.29 is 14.3 Å². The molecule has 0 aliphatic carbocycles. The van der Waals surface area contributed by atoms with Gasteiger partial charge >= 0.3 is 0 Å². The largest absolute Gasteiger partial charge is 0.454 e. The molecule has 1 saturated heterocycles. The van der Waals surface area contributed by atoms with Gasteiger partial charge in [0.25, 0.3) is 5.91 Å². The first-order chi connectivity index (χ1) is 12.8. The van der Waals surface area contributed by atoms with Gasteiger partial charge in [0.1, 0.15) is 0 Å². The topological polar surface area (TPSA) is 63.7 Å². The van der Waals surface area contributed by atoms with Gasteiger partial charge in [0.15, 0.2) is 11.5 Å².